The van der Waals surface area contributed by atoms with Crippen LogP contribution in [0.15, 0.2) is 14.3 Å². The molecular formula is C10H11Br2NO3S. The molecule has 1 unspecified atom stereocenters. The number of amides is 1. The Kier molecular flexibility index (Phi) is 5.15. The second-order valence-electron chi connectivity index (χ2n) is 3.66. The minimum atomic E-state index is -0.904. The zero-order valence-corrected chi connectivity index (χ0v) is 13.2. The number of carboxylic acid groups (broad SMARTS) is 1. The molecule has 7 heteroatoms. The van der Waals surface area contributed by atoms with Gasteiger partial charge in [0.2, 0.25) is 0 Å². The van der Waals surface area contributed by atoms with Crippen molar-refractivity contribution in [3.8, 4) is 0 Å². The number of rotatable bonds is 4. The number of carbonyl (C=O) groups excluding carboxylic acids is 1. The van der Waals surface area contributed by atoms with Gasteiger partial charge in [-0.25, -0.2) is 0 Å². The number of carboxylic acids is 1. The van der Waals surface area contributed by atoms with E-state index in [4.69, 9.17) is 5.11 Å². The fourth-order valence-corrected chi connectivity index (χ4v) is 3.24. The predicted octanol–water partition coefficient (Wildman–Crippen LogP) is 3.07. The van der Waals surface area contributed by atoms with Crippen LogP contribution in [0.4, 0.5) is 0 Å². The second kappa shape index (κ2) is 5.97. The van der Waals surface area contributed by atoms with Crippen molar-refractivity contribution in [3.63, 3.8) is 0 Å². The van der Waals surface area contributed by atoms with Crippen LogP contribution in [0.5, 0.6) is 0 Å². The summed E-state index contributed by atoms with van der Waals surface area (Å²) < 4.78 is 1.67. The van der Waals surface area contributed by atoms with E-state index in [1.165, 1.54) is 16.2 Å². The highest BCUT2D eigenvalue weighted by atomic mass is 79.9. The van der Waals surface area contributed by atoms with Gasteiger partial charge in [0.05, 0.1) is 14.6 Å². The summed E-state index contributed by atoms with van der Waals surface area (Å²) in [5, 5.41) is 8.78. The van der Waals surface area contributed by atoms with Gasteiger partial charge in [0.1, 0.15) is 0 Å². The summed E-state index contributed by atoms with van der Waals surface area (Å²) >= 11 is 7.94. The van der Waals surface area contributed by atoms with E-state index in [1.807, 2.05) is 0 Å². The molecule has 0 aromatic carbocycles. The number of nitrogens with zero attached hydrogens (tertiary/aromatic N) is 1. The Labute approximate surface area is 120 Å². The molecule has 1 amide bonds. The monoisotopic (exact) mass is 383 g/mol. The van der Waals surface area contributed by atoms with E-state index in [0.717, 1.165) is 8.26 Å². The third-order valence-electron chi connectivity index (χ3n) is 2.17. The average molecular weight is 385 g/mol. The molecule has 4 nitrogen and oxygen atoms in total. The van der Waals surface area contributed by atoms with E-state index >= 15 is 0 Å². The van der Waals surface area contributed by atoms with Crippen molar-refractivity contribution in [2.45, 2.75) is 6.92 Å². The van der Waals surface area contributed by atoms with Gasteiger partial charge in [-0.1, -0.05) is 6.92 Å². The highest BCUT2D eigenvalue weighted by molar-refractivity contribution is 9.13. The molecule has 0 saturated carbocycles. The Morgan fingerprint density at radius 3 is 2.53 bits per heavy atom. The lowest BCUT2D eigenvalue weighted by Crippen LogP contribution is -2.33. The average Bonchev–Trinajstić information content (AvgIpc) is 2.57. The maximum Gasteiger partial charge on any atom is 0.308 e. The van der Waals surface area contributed by atoms with Crippen molar-refractivity contribution < 1.29 is 14.7 Å². The molecule has 0 saturated heterocycles. The first-order chi connectivity index (χ1) is 7.82. The molecule has 1 heterocycles. The van der Waals surface area contributed by atoms with Crippen LogP contribution in [0.25, 0.3) is 0 Å². The Hall–Kier alpha value is -0.400. The molecule has 0 aliphatic heterocycles. The molecule has 0 aliphatic rings. The van der Waals surface area contributed by atoms with E-state index in [-0.39, 0.29) is 12.5 Å². The molecule has 0 fully saturated rings. The zero-order valence-electron chi connectivity index (χ0n) is 9.24. The maximum atomic E-state index is 12.0. The number of carbonyl (C=O) groups is 2. The molecule has 0 bridgehead atoms. The van der Waals surface area contributed by atoms with Crippen LogP contribution in [0, 0.1) is 5.92 Å². The first-order valence-corrected chi connectivity index (χ1v) is 7.16. The van der Waals surface area contributed by atoms with Crippen LogP contribution in [0.1, 0.15) is 16.6 Å². The Morgan fingerprint density at radius 2 is 2.12 bits per heavy atom. The molecule has 0 spiro atoms. The van der Waals surface area contributed by atoms with E-state index < -0.39 is 11.9 Å². The van der Waals surface area contributed by atoms with Crippen molar-refractivity contribution in [3.05, 3.63) is 19.2 Å². The second-order valence-corrected chi connectivity index (χ2v) is 6.88. The largest absolute Gasteiger partial charge is 0.481 e. The SMILES string of the molecule is CC(CN(C)C(=O)c1cc(Br)c(Br)s1)C(=O)O. The standard InChI is InChI=1S/C10H11Br2NO3S/c1-5(10(15)16)4-13(2)9(14)7-3-6(11)8(12)17-7/h3,5H,4H2,1-2H3,(H,15,16). The third kappa shape index (κ3) is 3.79. The van der Waals surface area contributed by atoms with Crippen molar-refractivity contribution in [2.24, 2.45) is 5.92 Å². The summed E-state index contributed by atoms with van der Waals surface area (Å²) in [6.07, 6.45) is 0. The predicted molar refractivity (Wildman–Crippen MR) is 73.5 cm³/mol. The smallest absolute Gasteiger partial charge is 0.308 e. The molecule has 0 aliphatic carbocycles. The van der Waals surface area contributed by atoms with Crippen molar-refractivity contribution in [1.82, 2.24) is 4.90 Å². The van der Waals surface area contributed by atoms with Gasteiger partial charge in [0.15, 0.2) is 0 Å². The third-order valence-corrected chi connectivity index (χ3v) is 5.42. The summed E-state index contributed by atoms with van der Waals surface area (Å²) in [7, 11) is 1.60. The van der Waals surface area contributed by atoms with Gasteiger partial charge in [-0.15, -0.1) is 11.3 Å². The van der Waals surface area contributed by atoms with Gasteiger partial charge in [0, 0.05) is 18.1 Å². The molecule has 0 radical (unpaired) electrons. The summed E-state index contributed by atoms with van der Waals surface area (Å²) in [6, 6.07) is 1.72. The molecule has 1 aromatic rings. The first-order valence-electron chi connectivity index (χ1n) is 4.76. The lowest BCUT2D eigenvalue weighted by Gasteiger charge is -2.18. The number of thiophene rings is 1. The van der Waals surface area contributed by atoms with Gasteiger partial charge in [0.25, 0.3) is 5.91 Å². The number of hydrogen-bond donors (Lipinski definition) is 1. The van der Waals surface area contributed by atoms with Crippen LogP contribution in [0.3, 0.4) is 0 Å². The molecule has 1 atom stereocenters. The van der Waals surface area contributed by atoms with E-state index in [0.29, 0.717) is 4.88 Å². The lowest BCUT2D eigenvalue weighted by atomic mass is 10.2. The summed E-state index contributed by atoms with van der Waals surface area (Å²) in [5.41, 5.74) is 0. The fraction of sp³-hybridized carbons (Fsp3) is 0.400. The molecular weight excluding hydrogens is 374 g/mol. The Balaban J connectivity index is 2.73. The van der Waals surface area contributed by atoms with Gasteiger partial charge in [-0.05, 0) is 37.9 Å². The highest BCUT2D eigenvalue weighted by Crippen LogP contribution is 2.32. The Bertz CT molecular complexity index is 427. The van der Waals surface area contributed by atoms with Crippen LogP contribution < -0.4 is 0 Å². The molecule has 1 rings (SSSR count). The fourth-order valence-electron chi connectivity index (χ4n) is 1.21. The molecule has 94 valence electrons. The van der Waals surface area contributed by atoms with Crippen LogP contribution >= 0.6 is 43.2 Å². The van der Waals surface area contributed by atoms with Crippen molar-refractivity contribution in [1.29, 1.82) is 0 Å². The van der Waals surface area contributed by atoms with Crippen molar-refractivity contribution in [2.75, 3.05) is 13.6 Å². The first kappa shape index (κ1) is 14.7. The van der Waals surface area contributed by atoms with Gasteiger partial charge < -0.3 is 10.0 Å². The van der Waals surface area contributed by atoms with Gasteiger partial charge >= 0.3 is 5.97 Å². The minimum Gasteiger partial charge on any atom is -0.481 e. The van der Waals surface area contributed by atoms with Crippen LogP contribution in [-0.4, -0.2) is 35.5 Å². The van der Waals surface area contributed by atoms with Crippen LogP contribution in [0.2, 0.25) is 0 Å². The number of aliphatic carboxylic acids is 1. The summed E-state index contributed by atoms with van der Waals surface area (Å²) in [5.74, 6) is -1.65. The number of hydrogen-bond acceptors (Lipinski definition) is 3. The van der Waals surface area contributed by atoms with Gasteiger partial charge in [-0.2, -0.15) is 0 Å². The molecule has 1 N–H and O–H groups in total. The van der Waals surface area contributed by atoms with Gasteiger partial charge in [-0.3, -0.25) is 9.59 Å². The van der Waals surface area contributed by atoms with E-state index in [1.54, 1.807) is 20.0 Å². The van der Waals surface area contributed by atoms with Crippen LogP contribution in [-0.2, 0) is 4.79 Å². The maximum absolute atomic E-state index is 12.0. The van der Waals surface area contributed by atoms with E-state index in [9.17, 15) is 9.59 Å². The summed E-state index contributed by atoms with van der Waals surface area (Å²) in [4.78, 5) is 24.7. The van der Waals surface area contributed by atoms with E-state index in [2.05, 4.69) is 31.9 Å². The molecule has 17 heavy (non-hydrogen) atoms. The highest BCUT2D eigenvalue weighted by Gasteiger charge is 2.20. The molecule has 1 aromatic heterocycles. The van der Waals surface area contributed by atoms with Crippen molar-refractivity contribution >= 4 is 55.1 Å². The Morgan fingerprint density at radius 1 is 1.53 bits per heavy atom. The minimum absolute atomic E-state index is 0.172. The summed E-state index contributed by atoms with van der Waals surface area (Å²) in [6.45, 7) is 1.77. The zero-order chi connectivity index (χ0) is 13.2. The lowest BCUT2D eigenvalue weighted by molar-refractivity contribution is -0.141. The topological polar surface area (TPSA) is 57.6 Å². The quantitative estimate of drug-likeness (QED) is 0.867. The number of halogens is 2. The normalized spacial score (nSPS) is 12.2.